The van der Waals surface area contributed by atoms with Crippen LogP contribution in [0, 0.1) is 19.1 Å². The van der Waals surface area contributed by atoms with E-state index in [0.717, 1.165) is 89.0 Å². The quantitative estimate of drug-likeness (QED) is 0.0599. The number of amidine groups is 1. The zero-order chi connectivity index (χ0) is 53.3. The second kappa shape index (κ2) is 22.6. The number of hydrogen-bond donors (Lipinski definition) is 1. The van der Waals surface area contributed by atoms with Gasteiger partial charge in [0.25, 0.3) is 5.97 Å². The third-order valence-corrected chi connectivity index (χ3v) is 16.0. The average molecular weight is 1200 g/mol. The minimum absolute atomic E-state index is 0. The van der Waals surface area contributed by atoms with Crippen LogP contribution in [-0.4, -0.2) is 35.0 Å². The van der Waals surface area contributed by atoms with E-state index in [1.165, 1.54) is 22.4 Å². The Morgan fingerprint density at radius 1 is 0.636 bits per heavy atom. The van der Waals surface area contributed by atoms with Gasteiger partial charge in [0.1, 0.15) is 5.58 Å². The van der Waals surface area contributed by atoms with Crippen LogP contribution in [0.15, 0.2) is 199 Å². The number of furan rings is 1. The maximum atomic E-state index is 13.0. The van der Waals surface area contributed by atoms with Gasteiger partial charge in [0.2, 0.25) is 0 Å². The molecule has 0 unspecified atom stereocenters. The van der Waals surface area contributed by atoms with Crippen LogP contribution < -0.4 is 10.1 Å². The summed E-state index contributed by atoms with van der Waals surface area (Å²) in [5.74, 6) is -0.623. The third-order valence-electron chi connectivity index (χ3n) is 14.0. The zero-order valence-electron chi connectivity index (χ0n) is 44.5. The number of rotatable bonds is 11. The van der Waals surface area contributed by atoms with Crippen LogP contribution in [0.3, 0.4) is 0 Å². The molecule has 0 aliphatic carbocycles. The number of carboxylic acids is 1. The van der Waals surface area contributed by atoms with Gasteiger partial charge in [-0.25, -0.2) is 0 Å². The van der Waals surface area contributed by atoms with Crippen LogP contribution in [0.5, 0.6) is 0 Å². The Balaban J connectivity index is 0.000000306. The molecule has 11 aromatic rings. The van der Waals surface area contributed by atoms with Crippen molar-refractivity contribution in [3.8, 4) is 44.6 Å². The number of benzene rings is 8. The molecule has 0 aliphatic rings. The molecule has 3 heterocycles. The molecule has 8 aromatic carbocycles. The Hall–Kier alpha value is -8.07. The number of anilines is 2. The van der Waals surface area contributed by atoms with E-state index in [-0.39, 0.29) is 43.3 Å². The number of pyridine rings is 2. The predicted octanol–water partition coefficient (Wildman–Crippen LogP) is 17.4. The number of aryl methyl sites for hydroxylation is 1. The molecule has 382 valence electrons. The van der Waals surface area contributed by atoms with Gasteiger partial charge < -0.3 is 24.8 Å². The van der Waals surface area contributed by atoms with Crippen molar-refractivity contribution in [1.29, 1.82) is 0 Å². The predicted molar refractivity (Wildman–Crippen MR) is 318 cm³/mol. The van der Waals surface area contributed by atoms with Crippen molar-refractivity contribution in [2.24, 2.45) is 0 Å². The molecule has 1 N–H and O–H groups in total. The summed E-state index contributed by atoms with van der Waals surface area (Å²) in [4.78, 5) is 22.2. The summed E-state index contributed by atoms with van der Waals surface area (Å²) in [7, 11) is -1.33. The summed E-state index contributed by atoms with van der Waals surface area (Å²) >= 11 is 0. The summed E-state index contributed by atoms with van der Waals surface area (Å²) in [6.45, 7) is 17.7. The van der Waals surface area contributed by atoms with E-state index in [4.69, 9.17) is 14.5 Å². The molecule has 0 fully saturated rings. The van der Waals surface area contributed by atoms with Crippen molar-refractivity contribution < 1.29 is 34.4 Å². The SMILES string of the molecule is C[Si](C)(C)c1ccc(-c2[c-]cc(C(=O)O)cc2)nc1.Cc1cc(N(C(=[N-])c2[c-]ccc3c2oc2cc(-c4ccc(-c5ccccc5)cc4)ccc23)c2c(C(C)C)cc(-c3ccccc3)cc2C(C)C)c2ccccc2n1.[Ir+3]. The monoisotopic (exact) mass is 1200 g/mol. The van der Waals surface area contributed by atoms with Gasteiger partial charge in [0.15, 0.2) is 0 Å². The zero-order valence-corrected chi connectivity index (χ0v) is 47.9. The van der Waals surface area contributed by atoms with E-state index >= 15 is 0 Å². The maximum Gasteiger partial charge on any atom is 3.00 e. The molecule has 0 aliphatic heterocycles. The van der Waals surface area contributed by atoms with Crippen molar-refractivity contribution in [2.45, 2.75) is 66.1 Å². The van der Waals surface area contributed by atoms with E-state index in [1.807, 2.05) is 60.5 Å². The molecular formula is C68H59IrN4O3Si. The molecule has 0 bridgehead atoms. The van der Waals surface area contributed by atoms with Crippen molar-refractivity contribution in [2.75, 3.05) is 4.90 Å². The van der Waals surface area contributed by atoms with Crippen LogP contribution >= 0.6 is 0 Å². The summed E-state index contributed by atoms with van der Waals surface area (Å²) in [6.07, 6.45) is 1.92. The number of carbonyl (C=O) groups is 1. The number of hydrogen-bond acceptors (Lipinski definition) is 4. The molecule has 11 rings (SSSR count). The Bertz CT molecular complexity index is 3880. The molecule has 0 radical (unpaired) electrons. The number of carboxylic acid groups (broad SMARTS) is 1. The fraction of sp³-hybridized carbons (Fsp3) is 0.147. The molecule has 0 amide bonds. The standard InChI is InChI=1S/C53H43N3O.C15H16NO2Si.Ir/c1-33(2)46-30-41(37-17-10-7-11-18-37)31-47(34(3)4)51(46)56(49-29-35(5)55-48-22-13-12-19-44(48)49)53(54)45-21-14-20-43-42-28-27-40(32-50(42)57-52(43)45)39-25-23-38(24-26-39)36-15-8-6-9-16-36;1-19(2,3)13-8-9-14(16-10-13)11-4-6-12(7-5-11)15(17)18;/h6-20,22-34H,1-5H3;4,6-10H,1-3H3,(H,17,18);/q-2;-1;+3. The normalized spacial score (nSPS) is 11.4. The van der Waals surface area contributed by atoms with Gasteiger partial charge in [-0.1, -0.05) is 192 Å². The number of para-hydroxylation sites is 1. The molecule has 7 nitrogen and oxygen atoms in total. The molecule has 77 heavy (non-hydrogen) atoms. The minimum atomic E-state index is -1.33. The fourth-order valence-electron chi connectivity index (χ4n) is 9.83. The third kappa shape index (κ3) is 11.3. The van der Waals surface area contributed by atoms with Crippen LogP contribution in [0.4, 0.5) is 11.4 Å². The van der Waals surface area contributed by atoms with Crippen molar-refractivity contribution in [3.63, 3.8) is 0 Å². The van der Waals surface area contributed by atoms with Crippen molar-refractivity contribution in [3.05, 3.63) is 240 Å². The molecular weight excluding hydrogens is 1140 g/mol. The molecule has 0 saturated heterocycles. The molecule has 9 heteroatoms. The fourth-order valence-corrected chi connectivity index (χ4v) is 10.9. The van der Waals surface area contributed by atoms with E-state index in [1.54, 1.807) is 12.1 Å². The van der Waals surface area contributed by atoms with Gasteiger partial charge >= 0.3 is 20.1 Å². The van der Waals surface area contributed by atoms with Gasteiger partial charge in [0.05, 0.1) is 13.6 Å². The summed E-state index contributed by atoms with van der Waals surface area (Å²) in [6, 6.07) is 69.9. The summed E-state index contributed by atoms with van der Waals surface area (Å²) in [5, 5.41) is 26.0. The largest absolute Gasteiger partial charge is 3.00 e. The van der Waals surface area contributed by atoms with Gasteiger partial charge in [0, 0.05) is 28.2 Å². The van der Waals surface area contributed by atoms with Gasteiger partial charge in [-0.2, -0.15) is 0 Å². The van der Waals surface area contributed by atoms with Crippen LogP contribution in [0.25, 0.3) is 82.9 Å². The van der Waals surface area contributed by atoms with Crippen molar-refractivity contribution in [1.82, 2.24) is 9.97 Å². The molecule has 3 aromatic heterocycles. The Kier molecular flexibility index (Phi) is 15.8. The minimum Gasteiger partial charge on any atom is -0.520 e. The number of aromatic nitrogens is 2. The first-order valence-corrected chi connectivity index (χ1v) is 29.3. The molecule has 0 atom stereocenters. The second-order valence-electron chi connectivity index (χ2n) is 21.0. The van der Waals surface area contributed by atoms with Gasteiger partial charge in [-0.3, -0.25) is 9.78 Å². The first kappa shape index (κ1) is 53.7. The topological polar surface area (TPSA) is 102 Å². The van der Waals surface area contributed by atoms with Crippen LogP contribution in [-0.2, 0) is 20.1 Å². The second-order valence-corrected chi connectivity index (χ2v) is 26.0. The van der Waals surface area contributed by atoms with E-state index in [9.17, 15) is 10.2 Å². The van der Waals surface area contributed by atoms with Gasteiger partial charge in [-0.15, -0.1) is 59.4 Å². The smallest absolute Gasteiger partial charge is 0.520 e. The van der Waals surface area contributed by atoms with Gasteiger partial charge in [-0.05, 0) is 109 Å². The summed E-state index contributed by atoms with van der Waals surface area (Å²) < 4.78 is 6.77. The number of nitrogens with zero attached hydrogens (tertiary/aromatic N) is 4. The van der Waals surface area contributed by atoms with Crippen LogP contribution in [0.1, 0.15) is 72.3 Å². The first-order chi connectivity index (χ1) is 36.6. The van der Waals surface area contributed by atoms with E-state index in [2.05, 4.69) is 192 Å². The Morgan fingerprint density at radius 3 is 1.82 bits per heavy atom. The number of fused-ring (bicyclic) bond motifs is 4. The van der Waals surface area contributed by atoms with E-state index < -0.39 is 14.0 Å². The van der Waals surface area contributed by atoms with E-state index in [0.29, 0.717) is 11.1 Å². The summed E-state index contributed by atoms with van der Waals surface area (Å²) in [5.41, 5.74) is 16.3. The first-order valence-electron chi connectivity index (χ1n) is 25.8. The molecule has 0 spiro atoms. The molecule has 0 saturated carbocycles. The number of aromatic carboxylic acids is 1. The average Bonchev–Trinajstić information content (AvgIpc) is 3.83. The van der Waals surface area contributed by atoms with Crippen molar-refractivity contribution >= 4 is 69.3 Å². The Morgan fingerprint density at radius 2 is 1.23 bits per heavy atom. The van der Waals surface area contributed by atoms with Crippen LogP contribution in [0.2, 0.25) is 19.6 Å². The Labute approximate surface area is 466 Å². The maximum absolute atomic E-state index is 13.0.